The van der Waals surface area contributed by atoms with Crippen LogP contribution in [0.25, 0.3) is 11.0 Å². The van der Waals surface area contributed by atoms with Crippen molar-refractivity contribution in [2.75, 3.05) is 5.32 Å². The lowest BCUT2D eigenvalue weighted by molar-refractivity contribution is 0.626. The van der Waals surface area contributed by atoms with Crippen LogP contribution in [-0.4, -0.2) is 9.55 Å². The molecule has 3 aromatic carbocycles. The van der Waals surface area contributed by atoms with Crippen molar-refractivity contribution in [3.8, 4) is 0 Å². The number of imidazole rings is 1. The molecular formula is C21H17F2N3. The van der Waals surface area contributed by atoms with Crippen LogP contribution in [0.1, 0.15) is 11.1 Å². The van der Waals surface area contributed by atoms with E-state index in [4.69, 9.17) is 0 Å². The van der Waals surface area contributed by atoms with Gasteiger partial charge < -0.3 is 9.88 Å². The summed E-state index contributed by atoms with van der Waals surface area (Å²) in [6, 6.07) is 20.7. The lowest BCUT2D eigenvalue weighted by atomic mass is 10.2. The van der Waals surface area contributed by atoms with E-state index in [2.05, 4.69) is 14.9 Å². The quantitative estimate of drug-likeness (QED) is 0.551. The molecule has 1 heterocycles. The maximum absolute atomic E-state index is 13.2. The molecule has 130 valence electrons. The summed E-state index contributed by atoms with van der Waals surface area (Å²) in [6.45, 7) is 1.11. The largest absolute Gasteiger partial charge is 0.352 e. The van der Waals surface area contributed by atoms with Gasteiger partial charge in [-0.1, -0.05) is 36.4 Å². The van der Waals surface area contributed by atoms with Crippen molar-refractivity contribution < 1.29 is 8.78 Å². The first-order valence-electron chi connectivity index (χ1n) is 8.37. The van der Waals surface area contributed by atoms with Crippen molar-refractivity contribution in [1.82, 2.24) is 9.55 Å². The molecule has 0 saturated heterocycles. The van der Waals surface area contributed by atoms with Crippen LogP contribution < -0.4 is 5.32 Å². The zero-order valence-electron chi connectivity index (χ0n) is 14.0. The molecule has 3 nitrogen and oxygen atoms in total. The number of hydrogen-bond acceptors (Lipinski definition) is 2. The van der Waals surface area contributed by atoms with Crippen LogP contribution in [0.2, 0.25) is 0 Å². The third-order valence-electron chi connectivity index (χ3n) is 4.27. The van der Waals surface area contributed by atoms with Gasteiger partial charge in [0.05, 0.1) is 17.6 Å². The Labute approximate surface area is 149 Å². The van der Waals surface area contributed by atoms with Crippen molar-refractivity contribution in [2.24, 2.45) is 0 Å². The molecule has 0 amide bonds. The Morgan fingerprint density at radius 2 is 1.38 bits per heavy atom. The first kappa shape index (κ1) is 16.3. The summed E-state index contributed by atoms with van der Waals surface area (Å²) in [5.41, 5.74) is 3.83. The third kappa shape index (κ3) is 3.42. The highest BCUT2D eigenvalue weighted by Crippen LogP contribution is 2.22. The van der Waals surface area contributed by atoms with E-state index in [9.17, 15) is 8.78 Å². The summed E-state index contributed by atoms with van der Waals surface area (Å²) in [5, 5.41) is 3.33. The van der Waals surface area contributed by atoms with Gasteiger partial charge in [-0.15, -0.1) is 0 Å². The number of hydrogen-bond donors (Lipinski definition) is 1. The number of nitrogens with one attached hydrogen (secondary N) is 1. The Balaban J connectivity index is 1.64. The summed E-state index contributed by atoms with van der Waals surface area (Å²) >= 11 is 0. The summed E-state index contributed by atoms with van der Waals surface area (Å²) < 4.78 is 28.3. The lowest BCUT2D eigenvalue weighted by Gasteiger charge is -2.11. The van der Waals surface area contributed by atoms with Crippen LogP contribution in [0.5, 0.6) is 0 Å². The molecule has 0 atom stereocenters. The number of rotatable bonds is 5. The fraction of sp³-hybridized carbons (Fsp3) is 0.0952. The number of halogens is 2. The maximum Gasteiger partial charge on any atom is 0.204 e. The fourth-order valence-corrected chi connectivity index (χ4v) is 2.93. The van der Waals surface area contributed by atoms with E-state index in [-0.39, 0.29) is 11.6 Å². The number of fused-ring (bicyclic) bond motifs is 1. The van der Waals surface area contributed by atoms with Gasteiger partial charge in [0.1, 0.15) is 11.6 Å². The first-order chi connectivity index (χ1) is 12.7. The molecule has 5 heteroatoms. The average molecular weight is 349 g/mol. The Bertz CT molecular complexity index is 1020. The second-order valence-electron chi connectivity index (χ2n) is 6.12. The molecule has 0 bridgehead atoms. The van der Waals surface area contributed by atoms with Gasteiger partial charge in [0.25, 0.3) is 0 Å². The average Bonchev–Trinajstić information content (AvgIpc) is 3.01. The van der Waals surface area contributed by atoms with Crippen LogP contribution in [0.15, 0.2) is 72.8 Å². The van der Waals surface area contributed by atoms with Crippen LogP contribution in [0, 0.1) is 11.6 Å². The zero-order valence-corrected chi connectivity index (χ0v) is 14.0. The number of anilines is 1. The molecule has 0 unspecified atom stereocenters. The molecule has 0 spiro atoms. The van der Waals surface area contributed by atoms with Crippen LogP contribution in [0.3, 0.4) is 0 Å². The normalized spacial score (nSPS) is 11.0. The molecule has 0 aliphatic rings. The molecule has 0 radical (unpaired) electrons. The topological polar surface area (TPSA) is 29.9 Å². The molecule has 1 aromatic heterocycles. The summed E-state index contributed by atoms with van der Waals surface area (Å²) in [4.78, 5) is 4.66. The molecule has 0 aliphatic heterocycles. The van der Waals surface area contributed by atoms with Crippen LogP contribution in [0.4, 0.5) is 14.7 Å². The number of nitrogens with zero attached hydrogens (tertiary/aromatic N) is 2. The summed E-state index contributed by atoms with van der Waals surface area (Å²) in [7, 11) is 0. The zero-order chi connectivity index (χ0) is 17.9. The van der Waals surface area contributed by atoms with E-state index in [1.807, 2.05) is 24.3 Å². The minimum absolute atomic E-state index is 0.251. The van der Waals surface area contributed by atoms with Gasteiger partial charge >= 0.3 is 0 Å². The van der Waals surface area contributed by atoms with Crippen molar-refractivity contribution in [2.45, 2.75) is 13.1 Å². The van der Waals surface area contributed by atoms with Gasteiger partial charge in [0.2, 0.25) is 5.95 Å². The Morgan fingerprint density at radius 1 is 0.769 bits per heavy atom. The molecule has 0 fully saturated rings. The second-order valence-corrected chi connectivity index (χ2v) is 6.12. The minimum atomic E-state index is -0.253. The monoisotopic (exact) mass is 349 g/mol. The van der Waals surface area contributed by atoms with Gasteiger partial charge in [0, 0.05) is 6.54 Å². The molecule has 0 aliphatic carbocycles. The third-order valence-corrected chi connectivity index (χ3v) is 4.27. The number of benzene rings is 3. The van der Waals surface area contributed by atoms with E-state index >= 15 is 0 Å². The van der Waals surface area contributed by atoms with Gasteiger partial charge in [-0.3, -0.25) is 0 Å². The van der Waals surface area contributed by atoms with Crippen molar-refractivity contribution in [3.63, 3.8) is 0 Å². The van der Waals surface area contributed by atoms with E-state index in [0.717, 1.165) is 28.1 Å². The highest BCUT2D eigenvalue weighted by molar-refractivity contribution is 5.78. The van der Waals surface area contributed by atoms with Gasteiger partial charge in [-0.05, 0) is 47.5 Å². The maximum atomic E-state index is 13.2. The molecular weight excluding hydrogens is 332 g/mol. The van der Waals surface area contributed by atoms with E-state index < -0.39 is 0 Å². The molecule has 26 heavy (non-hydrogen) atoms. The minimum Gasteiger partial charge on any atom is -0.352 e. The fourth-order valence-electron chi connectivity index (χ4n) is 2.93. The smallest absolute Gasteiger partial charge is 0.204 e. The number of aromatic nitrogens is 2. The molecule has 1 N–H and O–H groups in total. The Hall–Kier alpha value is -3.21. The predicted octanol–water partition coefficient (Wildman–Crippen LogP) is 4.97. The Kier molecular flexibility index (Phi) is 4.35. The van der Waals surface area contributed by atoms with Crippen molar-refractivity contribution in [1.29, 1.82) is 0 Å². The Morgan fingerprint density at radius 3 is 2.08 bits per heavy atom. The number of para-hydroxylation sites is 2. The van der Waals surface area contributed by atoms with E-state index in [0.29, 0.717) is 13.1 Å². The van der Waals surface area contributed by atoms with Gasteiger partial charge in [-0.2, -0.15) is 0 Å². The van der Waals surface area contributed by atoms with Gasteiger partial charge in [-0.25, -0.2) is 13.8 Å². The van der Waals surface area contributed by atoms with Gasteiger partial charge in [0.15, 0.2) is 0 Å². The lowest BCUT2D eigenvalue weighted by Crippen LogP contribution is -2.08. The van der Waals surface area contributed by atoms with Crippen LogP contribution in [-0.2, 0) is 13.1 Å². The summed E-state index contributed by atoms with van der Waals surface area (Å²) in [6.07, 6.45) is 0. The molecule has 4 rings (SSSR count). The predicted molar refractivity (Wildman–Crippen MR) is 99.0 cm³/mol. The first-order valence-corrected chi connectivity index (χ1v) is 8.37. The van der Waals surface area contributed by atoms with Crippen molar-refractivity contribution in [3.05, 3.63) is 95.6 Å². The summed E-state index contributed by atoms with van der Waals surface area (Å²) in [5.74, 6) is 0.219. The van der Waals surface area contributed by atoms with Crippen molar-refractivity contribution >= 4 is 17.0 Å². The highest BCUT2D eigenvalue weighted by atomic mass is 19.1. The molecule has 4 aromatic rings. The highest BCUT2D eigenvalue weighted by Gasteiger charge is 2.11. The second kappa shape index (κ2) is 6.96. The standard InChI is InChI=1S/C21H17F2N3/c22-17-9-5-15(6-10-17)13-24-21-25-19-3-1-2-4-20(19)26(21)14-16-7-11-18(23)12-8-16/h1-12H,13-14H2,(H,24,25). The van der Waals surface area contributed by atoms with Crippen LogP contribution >= 0.6 is 0 Å². The SMILES string of the molecule is Fc1ccc(CNc2nc3ccccc3n2Cc2ccc(F)cc2)cc1. The van der Waals surface area contributed by atoms with E-state index in [1.54, 1.807) is 24.3 Å². The molecule has 0 saturated carbocycles. The van der Waals surface area contributed by atoms with E-state index in [1.165, 1.54) is 24.3 Å².